The molecule has 23 heavy (non-hydrogen) atoms. The number of piperidine rings is 1. The zero-order valence-electron chi connectivity index (χ0n) is 14.7. The highest BCUT2D eigenvalue weighted by molar-refractivity contribution is 6.00. The second-order valence-electron chi connectivity index (χ2n) is 6.63. The summed E-state index contributed by atoms with van der Waals surface area (Å²) in [6.07, 6.45) is 1.71. The van der Waals surface area contributed by atoms with Crippen molar-refractivity contribution in [3.05, 3.63) is 22.5 Å². The molecular formula is C17H27N3O3. The van der Waals surface area contributed by atoms with Crippen LogP contribution in [-0.2, 0) is 4.74 Å². The van der Waals surface area contributed by atoms with Gasteiger partial charge in [0.15, 0.2) is 0 Å². The molecule has 128 valence electrons. The number of nitrogens with one attached hydrogen (secondary N) is 2. The Labute approximate surface area is 137 Å². The molecule has 2 heterocycles. The number of ether oxygens (including phenoxy) is 1. The molecule has 1 aliphatic rings. The molecule has 0 bridgehead atoms. The van der Waals surface area contributed by atoms with Gasteiger partial charge in [0.1, 0.15) is 5.69 Å². The van der Waals surface area contributed by atoms with Crippen LogP contribution in [-0.4, -0.2) is 54.0 Å². The average Bonchev–Trinajstić information content (AvgIpc) is 2.76. The molecule has 2 rings (SSSR count). The molecule has 0 saturated carbocycles. The highest BCUT2D eigenvalue weighted by Crippen LogP contribution is 2.20. The third-order valence-electron chi connectivity index (χ3n) is 4.27. The van der Waals surface area contributed by atoms with E-state index < -0.39 is 0 Å². The van der Waals surface area contributed by atoms with Crippen LogP contribution in [0.3, 0.4) is 0 Å². The molecule has 1 saturated heterocycles. The third-order valence-corrected chi connectivity index (χ3v) is 4.27. The van der Waals surface area contributed by atoms with Gasteiger partial charge in [0, 0.05) is 11.7 Å². The number of carbonyl (C=O) groups excluding carboxylic acids is 2. The minimum atomic E-state index is -0.385. The zero-order chi connectivity index (χ0) is 17.1. The normalized spacial score (nSPS) is 16.6. The fraction of sp³-hybridized carbons (Fsp3) is 0.647. The maximum Gasteiger partial charge on any atom is 0.340 e. The number of aromatic nitrogens is 1. The molecule has 0 radical (unpaired) electrons. The summed E-state index contributed by atoms with van der Waals surface area (Å²) in [6, 6.07) is 0.188. The van der Waals surface area contributed by atoms with Gasteiger partial charge in [-0.1, -0.05) is 0 Å². The second-order valence-corrected chi connectivity index (χ2v) is 6.63. The minimum absolute atomic E-state index is 0.149. The van der Waals surface area contributed by atoms with Gasteiger partial charge in [-0.2, -0.15) is 0 Å². The maximum absolute atomic E-state index is 12.5. The molecule has 6 heteroatoms. The number of nitrogens with zero attached hydrogens (tertiary/aromatic N) is 1. The van der Waals surface area contributed by atoms with Crippen molar-refractivity contribution in [2.24, 2.45) is 0 Å². The second kappa shape index (κ2) is 7.17. The van der Waals surface area contributed by atoms with Crippen LogP contribution in [0.25, 0.3) is 0 Å². The standard InChI is InChI=1S/C17H27N3O3/c1-10(2)23-17(22)14-11(3)15(18-12(14)4)16(21)19-13-6-8-20(5)9-7-13/h10,13,18H,6-9H2,1-5H3,(H,19,21). The molecule has 1 aliphatic heterocycles. The van der Waals surface area contributed by atoms with E-state index >= 15 is 0 Å². The SMILES string of the molecule is Cc1[nH]c(C(=O)NC2CCN(C)CC2)c(C)c1C(=O)OC(C)C. The maximum atomic E-state index is 12.5. The zero-order valence-corrected chi connectivity index (χ0v) is 14.7. The number of hydrogen-bond acceptors (Lipinski definition) is 4. The van der Waals surface area contributed by atoms with Crippen LogP contribution in [0.2, 0.25) is 0 Å². The quantitative estimate of drug-likeness (QED) is 0.832. The van der Waals surface area contributed by atoms with E-state index in [0.717, 1.165) is 25.9 Å². The van der Waals surface area contributed by atoms with Crippen LogP contribution in [0, 0.1) is 13.8 Å². The van der Waals surface area contributed by atoms with Gasteiger partial charge in [-0.3, -0.25) is 4.79 Å². The van der Waals surface area contributed by atoms with Crippen molar-refractivity contribution in [3.8, 4) is 0 Å². The van der Waals surface area contributed by atoms with Gasteiger partial charge in [-0.15, -0.1) is 0 Å². The topological polar surface area (TPSA) is 74.4 Å². The first-order valence-corrected chi connectivity index (χ1v) is 8.19. The molecule has 0 atom stereocenters. The van der Waals surface area contributed by atoms with Crippen LogP contribution in [0.1, 0.15) is 58.8 Å². The lowest BCUT2D eigenvalue weighted by atomic mass is 10.0. The Morgan fingerprint density at radius 2 is 1.87 bits per heavy atom. The van der Waals surface area contributed by atoms with E-state index in [1.807, 2.05) is 13.8 Å². The molecule has 0 aliphatic carbocycles. The van der Waals surface area contributed by atoms with Crippen molar-refractivity contribution in [3.63, 3.8) is 0 Å². The summed E-state index contributed by atoms with van der Waals surface area (Å²) in [5, 5.41) is 3.07. The highest BCUT2D eigenvalue weighted by atomic mass is 16.5. The van der Waals surface area contributed by atoms with E-state index in [-0.39, 0.29) is 24.0 Å². The van der Waals surface area contributed by atoms with Gasteiger partial charge in [0.2, 0.25) is 0 Å². The predicted octanol–water partition coefficient (Wildman–Crippen LogP) is 2.02. The Morgan fingerprint density at radius 1 is 1.26 bits per heavy atom. The lowest BCUT2D eigenvalue weighted by Crippen LogP contribution is -2.43. The van der Waals surface area contributed by atoms with E-state index in [1.165, 1.54) is 0 Å². The van der Waals surface area contributed by atoms with Crippen LogP contribution in [0.4, 0.5) is 0 Å². The van der Waals surface area contributed by atoms with Crippen molar-refractivity contribution in [2.45, 2.75) is 52.7 Å². The molecule has 1 aromatic heterocycles. The monoisotopic (exact) mass is 321 g/mol. The lowest BCUT2D eigenvalue weighted by Gasteiger charge is -2.29. The van der Waals surface area contributed by atoms with Crippen LogP contribution >= 0.6 is 0 Å². The summed E-state index contributed by atoms with van der Waals surface area (Å²) in [7, 11) is 2.09. The van der Waals surface area contributed by atoms with E-state index in [1.54, 1.807) is 13.8 Å². The molecule has 1 aromatic rings. The lowest BCUT2D eigenvalue weighted by molar-refractivity contribution is 0.0376. The minimum Gasteiger partial charge on any atom is -0.459 e. The molecule has 1 amide bonds. The average molecular weight is 321 g/mol. The number of aromatic amines is 1. The van der Waals surface area contributed by atoms with Crippen molar-refractivity contribution in [2.75, 3.05) is 20.1 Å². The first-order valence-electron chi connectivity index (χ1n) is 8.19. The Balaban J connectivity index is 2.11. The molecule has 0 aromatic carbocycles. The van der Waals surface area contributed by atoms with Crippen molar-refractivity contribution >= 4 is 11.9 Å². The van der Waals surface area contributed by atoms with Crippen molar-refractivity contribution < 1.29 is 14.3 Å². The number of likely N-dealkylation sites (tertiary alicyclic amines) is 1. The fourth-order valence-corrected chi connectivity index (χ4v) is 2.97. The molecule has 1 fully saturated rings. The van der Waals surface area contributed by atoms with Crippen LogP contribution in [0.15, 0.2) is 0 Å². The van der Waals surface area contributed by atoms with Gasteiger partial charge in [0.25, 0.3) is 5.91 Å². The number of carbonyl (C=O) groups is 2. The molecule has 2 N–H and O–H groups in total. The van der Waals surface area contributed by atoms with E-state index in [9.17, 15) is 9.59 Å². The Morgan fingerprint density at radius 3 is 2.43 bits per heavy atom. The van der Waals surface area contributed by atoms with E-state index in [0.29, 0.717) is 22.5 Å². The number of amides is 1. The van der Waals surface area contributed by atoms with Gasteiger partial charge in [-0.25, -0.2) is 4.79 Å². The van der Waals surface area contributed by atoms with E-state index in [4.69, 9.17) is 4.74 Å². The molecule has 0 spiro atoms. The largest absolute Gasteiger partial charge is 0.459 e. The summed E-state index contributed by atoms with van der Waals surface area (Å²) in [4.78, 5) is 30.0. The summed E-state index contributed by atoms with van der Waals surface area (Å²) in [5.74, 6) is -0.534. The predicted molar refractivity (Wildman–Crippen MR) is 88.8 cm³/mol. The number of aryl methyl sites for hydroxylation is 1. The van der Waals surface area contributed by atoms with Gasteiger partial charge < -0.3 is 19.9 Å². The smallest absolute Gasteiger partial charge is 0.340 e. The van der Waals surface area contributed by atoms with Crippen LogP contribution < -0.4 is 5.32 Å². The third kappa shape index (κ3) is 4.13. The summed E-state index contributed by atoms with van der Waals surface area (Å²) < 4.78 is 5.26. The first-order chi connectivity index (χ1) is 10.8. The van der Waals surface area contributed by atoms with E-state index in [2.05, 4.69) is 22.2 Å². The Hall–Kier alpha value is -1.82. The van der Waals surface area contributed by atoms with Crippen molar-refractivity contribution in [1.29, 1.82) is 0 Å². The summed E-state index contributed by atoms with van der Waals surface area (Å²) >= 11 is 0. The molecule has 6 nitrogen and oxygen atoms in total. The summed E-state index contributed by atoms with van der Waals surface area (Å²) in [6.45, 7) is 9.16. The fourth-order valence-electron chi connectivity index (χ4n) is 2.97. The van der Waals surface area contributed by atoms with Gasteiger partial charge in [-0.05, 0) is 66.2 Å². The number of rotatable bonds is 4. The first kappa shape index (κ1) is 17.5. The van der Waals surface area contributed by atoms with Gasteiger partial charge in [0.05, 0.1) is 11.7 Å². The summed E-state index contributed by atoms with van der Waals surface area (Å²) in [5.41, 5.74) is 2.24. The van der Waals surface area contributed by atoms with Crippen molar-refractivity contribution in [1.82, 2.24) is 15.2 Å². The Kier molecular flexibility index (Phi) is 5.46. The highest BCUT2D eigenvalue weighted by Gasteiger charge is 2.25. The molecule has 0 unspecified atom stereocenters. The Bertz CT molecular complexity index is 584. The number of esters is 1. The van der Waals surface area contributed by atoms with Gasteiger partial charge >= 0.3 is 5.97 Å². The molecular weight excluding hydrogens is 294 g/mol. The van der Waals surface area contributed by atoms with Crippen LogP contribution in [0.5, 0.6) is 0 Å². The number of hydrogen-bond donors (Lipinski definition) is 2. The number of H-pyrrole nitrogens is 1.